The van der Waals surface area contributed by atoms with Gasteiger partial charge in [0.05, 0.1) is 12.6 Å². The number of carbonyl (C=O) groups excluding carboxylic acids is 2. The van der Waals surface area contributed by atoms with E-state index in [0.717, 1.165) is 63.7 Å². The number of benzene rings is 1. The van der Waals surface area contributed by atoms with E-state index in [0.29, 0.717) is 23.9 Å². The maximum atomic E-state index is 14.2. The fourth-order valence-corrected chi connectivity index (χ4v) is 7.89. The zero-order chi connectivity index (χ0) is 30.2. The molecule has 1 aromatic carbocycles. The minimum atomic E-state index is -0.288. The van der Waals surface area contributed by atoms with E-state index in [1.165, 1.54) is 32.1 Å². The number of likely N-dealkylation sites (tertiary alicyclic amines) is 1. The molecular formula is C33H50ClN7O2. The number of hydrogen-bond acceptors (Lipinski definition) is 6. The number of aromatic nitrogens is 3. The van der Waals surface area contributed by atoms with Gasteiger partial charge in [0.1, 0.15) is 12.7 Å². The van der Waals surface area contributed by atoms with Gasteiger partial charge < -0.3 is 20.4 Å². The molecule has 1 atom stereocenters. The lowest BCUT2D eigenvalue weighted by Crippen LogP contribution is -2.56. The van der Waals surface area contributed by atoms with Gasteiger partial charge >= 0.3 is 0 Å². The Balaban J connectivity index is 1.23. The first-order chi connectivity index (χ1) is 20.8. The van der Waals surface area contributed by atoms with Crippen LogP contribution in [0.1, 0.15) is 76.2 Å². The topological polar surface area (TPSA) is 95.4 Å². The van der Waals surface area contributed by atoms with E-state index in [1.54, 1.807) is 6.33 Å². The first-order valence-corrected chi connectivity index (χ1v) is 16.7. The van der Waals surface area contributed by atoms with Crippen molar-refractivity contribution in [1.29, 1.82) is 0 Å². The Hall–Kier alpha value is -2.49. The molecule has 0 spiro atoms. The molecule has 1 aliphatic heterocycles. The summed E-state index contributed by atoms with van der Waals surface area (Å²) < 4.78 is 2.01. The van der Waals surface area contributed by atoms with Crippen molar-refractivity contribution in [3.8, 4) is 0 Å². The minimum Gasteiger partial charge on any atom is -0.352 e. The van der Waals surface area contributed by atoms with Crippen LogP contribution in [0.15, 0.2) is 36.9 Å². The lowest BCUT2D eigenvalue weighted by molar-refractivity contribution is -0.137. The molecule has 2 N–H and O–H groups in total. The normalized spacial score (nSPS) is 23.7. The minimum absolute atomic E-state index is 0.0791. The van der Waals surface area contributed by atoms with Gasteiger partial charge in [-0.3, -0.25) is 14.3 Å². The Bertz CT molecular complexity index is 1150. The van der Waals surface area contributed by atoms with Crippen LogP contribution in [0.3, 0.4) is 0 Å². The fraction of sp³-hybridized carbons (Fsp3) is 0.697. The predicted molar refractivity (Wildman–Crippen MR) is 170 cm³/mol. The number of nitrogens with one attached hydrogen (secondary N) is 2. The molecule has 2 aromatic rings. The van der Waals surface area contributed by atoms with Crippen LogP contribution in [0.5, 0.6) is 0 Å². The van der Waals surface area contributed by atoms with Crippen molar-refractivity contribution in [3.63, 3.8) is 0 Å². The van der Waals surface area contributed by atoms with Crippen LogP contribution in [0, 0.1) is 11.3 Å². The van der Waals surface area contributed by atoms with Gasteiger partial charge in [0.2, 0.25) is 11.8 Å². The van der Waals surface area contributed by atoms with Gasteiger partial charge in [-0.1, -0.05) is 43.0 Å². The highest BCUT2D eigenvalue weighted by atomic mass is 35.5. The van der Waals surface area contributed by atoms with Gasteiger partial charge in [-0.2, -0.15) is 5.10 Å². The molecule has 43 heavy (non-hydrogen) atoms. The van der Waals surface area contributed by atoms with Crippen molar-refractivity contribution in [1.82, 2.24) is 35.2 Å². The van der Waals surface area contributed by atoms with Crippen LogP contribution in [0.2, 0.25) is 5.02 Å². The van der Waals surface area contributed by atoms with Crippen molar-refractivity contribution in [2.75, 3.05) is 33.7 Å². The number of likely N-dealkylation sites (N-methyl/N-ethyl adjacent to an activating group) is 1. The molecule has 1 aromatic heterocycles. The molecule has 10 heteroatoms. The number of amides is 2. The largest absolute Gasteiger partial charge is 0.352 e. The van der Waals surface area contributed by atoms with Gasteiger partial charge in [-0.05, 0) is 101 Å². The number of piperidine rings is 1. The second-order valence-electron chi connectivity index (χ2n) is 13.5. The Labute approximate surface area is 262 Å². The zero-order valence-electron chi connectivity index (χ0n) is 26.0. The highest BCUT2D eigenvalue weighted by Crippen LogP contribution is 2.47. The third-order valence-corrected chi connectivity index (χ3v) is 10.4. The Kier molecular flexibility index (Phi) is 11.1. The van der Waals surface area contributed by atoms with E-state index >= 15 is 0 Å². The molecule has 2 amide bonds. The average Bonchev–Trinajstić information content (AvgIpc) is 3.52. The molecule has 0 unspecified atom stereocenters. The smallest absolute Gasteiger partial charge is 0.240 e. The highest BCUT2D eigenvalue weighted by Gasteiger charge is 2.44. The maximum Gasteiger partial charge on any atom is 0.240 e. The molecule has 236 valence electrons. The Morgan fingerprint density at radius 1 is 1.00 bits per heavy atom. The summed E-state index contributed by atoms with van der Waals surface area (Å²) in [4.78, 5) is 34.7. The summed E-state index contributed by atoms with van der Waals surface area (Å²) in [5, 5.41) is 12.1. The van der Waals surface area contributed by atoms with Crippen molar-refractivity contribution in [2.45, 2.75) is 102 Å². The van der Waals surface area contributed by atoms with Crippen LogP contribution in [-0.4, -0.2) is 88.2 Å². The number of hydrogen-bond donors (Lipinski definition) is 2. The van der Waals surface area contributed by atoms with Gasteiger partial charge in [0.15, 0.2) is 0 Å². The fourth-order valence-electron chi connectivity index (χ4n) is 7.76. The number of rotatable bonds is 11. The SMILES string of the molecule is CN(C)CC(=O)N[C@H]1CC[C@H](N[C@H](Cc2ccc(Cl)cc2)C(=O)N2CCC(Cn3cncn3)(C3CCCCC3)CC2)CC1. The summed E-state index contributed by atoms with van der Waals surface area (Å²) in [6.07, 6.45) is 16.4. The van der Waals surface area contributed by atoms with Gasteiger partial charge in [-0.25, -0.2) is 4.98 Å². The molecule has 5 rings (SSSR count). The third kappa shape index (κ3) is 8.79. The van der Waals surface area contributed by atoms with E-state index in [2.05, 4.69) is 25.6 Å². The monoisotopic (exact) mass is 611 g/mol. The summed E-state index contributed by atoms with van der Waals surface area (Å²) in [6, 6.07) is 8.04. The lowest BCUT2D eigenvalue weighted by atomic mass is 9.63. The van der Waals surface area contributed by atoms with Crippen LogP contribution < -0.4 is 10.6 Å². The molecule has 2 heterocycles. The molecule has 0 bridgehead atoms. The molecule has 1 saturated heterocycles. The molecule has 2 aliphatic carbocycles. The van der Waals surface area contributed by atoms with Crippen molar-refractivity contribution >= 4 is 23.4 Å². The van der Waals surface area contributed by atoms with Crippen molar-refractivity contribution in [2.24, 2.45) is 11.3 Å². The van der Waals surface area contributed by atoms with Gasteiger partial charge in [0, 0.05) is 36.7 Å². The molecule has 0 radical (unpaired) electrons. The maximum absolute atomic E-state index is 14.2. The standard InChI is InChI=1S/C33H50ClN7O2/c1-39(2)21-31(42)38-29-14-12-28(13-15-29)37-30(20-25-8-10-27(34)11-9-25)32(43)40-18-16-33(17-19-40,22-41-24-35-23-36-41)26-6-4-3-5-7-26/h8-11,23-24,26,28-30,37H,3-7,12-22H2,1-2H3,(H,38,42)/t28-,29-,30-/m1/s1. The first kappa shape index (κ1) is 31.9. The second kappa shape index (κ2) is 15.0. The van der Waals surface area contributed by atoms with Crippen LogP contribution in [0.4, 0.5) is 0 Å². The average molecular weight is 612 g/mol. The summed E-state index contributed by atoms with van der Waals surface area (Å²) in [7, 11) is 3.82. The van der Waals surface area contributed by atoms with Crippen molar-refractivity contribution < 1.29 is 9.59 Å². The van der Waals surface area contributed by atoms with Gasteiger partial charge in [0.25, 0.3) is 0 Å². The summed E-state index contributed by atoms with van der Waals surface area (Å²) in [6.45, 7) is 2.87. The number of carbonyl (C=O) groups is 2. The van der Waals surface area contributed by atoms with E-state index < -0.39 is 0 Å². The molecule has 2 saturated carbocycles. The van der Waals surface area contributed by atoms with Crippen LogP contribution in [0.25, 0.3) is 0 Å². The van der Waals surface area contributed by atoms with E-state index in [-0.39, 0.29) is 35.4 Å². The molecule has 9 nitrogen and oxygen atoms in total. The highest BCUT2D eigenvalue weighted by molar-refractivity contribution is 6.30. The summed E-state index contributed by atoms with van der Waals surface area (Å²) in [5.74, 6) is 0.962. The van der Waals surface area contributed by atoms with Crippen LogP contribution >= 0.6 is 11.6 Å². The molecule has 3 fully saturated rings. The second-order valence-corrected chi connectivity index (χ2v) is 14.0. The predicted octanol–water partition coefficient (Wildman–Crippen LogP) is 4.31. The summed E-state index contributed by atoms with van der Waals surface area (Å²) in [5.41, 5.74) is 1.28. The van der Waals surface area contributed by atoms with Gasteiger partial charge in [-0.15, -0.1) is 0 Å². The first-order valence-electron chi connectivity index (χ1n) is 16.4. The molecule has 3 aliphatic rings. The Morgan fingerprint density at radius 3 is 2.30 bits per heavy atom. The van der Waals surface area contributed by atoms with E-state index in [1.807, 2.05) is 54.3 Å². The third-order valence-electron chi connectivity index (χ3n) is 10.1. The Morgan fingerprint density at radius 2 is 1.67 bits per heavy atom. The zero-order valence-corrected chi connectivity index (χ0v) is 26.8. The van der Waals surface area contributed by atoms with Crippen LogP contribution in [-0.2, 0) is 22.6 Å². The lowest BCUT2D eigenvalue weighted by Gasteiger charge is -2.48. The number of nitrogens with zero attached hydrogens (tertiary/aromatic N) is 5. The summed E-state index contributed by atoms with van der Waals surface area (Å²) >= 11 is 6.17. The van der Waals surface area contributed by atoms with Crippen molar-refractivity contribution in [3.05, 3.63) is 47.5 Å². The van der Waals surface area contributed by atoms with E-state index in [9.17, 15) is 9.59 Å². The van der Waals surface area contributed by atoms with E-state index in [4.69, 9.17) is 11.6 Å². The quantitative estimate of drug-likeness (QED) is 0.393. The number of halogens is 1. The molecular weight excluding hydrogens is 562 g/mol.